The molecule has 3 aromatic rings. The van der Waals surface area contributed by atoms with Gasteiger partial charge in [0.05, 0.1) is 12.2 Å². The zero-order valence-corrected chi connectivity index (χ0v) is 15.1. The first kappa shape index (κ1) is 17.7. The van der Waals surface area contributed by atoms with E-state index in [4.69, 9.17) is 9.37 Å². The molecule has 1 aromatic heterocycles. The minimum Gasteiger partial charge on any atom is -0.493 e. The van der Waals surface area contributed by atoms with E-state index in [0.29, 0.717) is 23.6 Å². The van der Waals surface area contributed by atoms with E-state index >= 15 is 0 Å². The van der Waals surface area contributed by atoms with Crippen molar-refractivity contribution in [2.75, 3.05) is 11.9 Å². The van der Waals surface area contributed by atoms with Gasteiger partial charge in [-0.3, -0.25) is 4.79 Å². The maximum atomic E-state index is 12.7. The number of aromatic nitrogens is 2. The third kappa shape index (κ3) is 3.74. The van der Waals surface area contributed by atoms with Crippen LogP contribution >= 0.6 is 0 Å². The molecule has 1 heterocycles. The summed E-state index contributed by atoms with van der Waals surface area (Å²) in [7, 11) is 0. The van der Waals surface area contributed by atoms with E-state index in [-0.39, 0.29) is 11.7 Å². The molecule has 1 amide bonds. The Kier molecular flexibility index (Phi) is 5.31. The third-order valence-corrected chi connectivity index (χ3v) is 3.96. The van der Waals surface area contributed by atoms with Gasteiger partial charge < -0.3 is 10.1 Å². The lowest BCUT2D eigenvalue weighted by Crippen LogP contribution is -2.14. The van der Waals surface area contributed by atoms with E-state index in [1.807, 2.05) is 45.0 Å². The maximum Gasteiger partial charge on any atom is 0.260 e. The largest absolute Gasteiger partial charge is 0.493 e. The monoisotopic (exact) mass is 351 g/mol. The molecule has 0 saturated heterocycles. The summed E-state index contributed by atoms with van der Waals surface area (Å²) in [5, 5.41) is 10.6. The van der Waals surface area contributed by atoms with Gasteiger partial charge in [-0.2, -0.15) is 0 Å². The highest BCUT2D eigenvalue weighted by Gasteiger charge is 2.19. The molecule has 0 saturated carbocycles. The number of benzene rings is 2. The number of para-hydroxylation sites is 1. The summed E-state index contributed by atoms with van der Waals surface area (Å²) in [4.78, 5) is 12.7. The highest BCUT2D eigenvalue weighted by atomic mass is 16.6. The van der Waals surface area contributed by atoms with Gasteiger partial charge in [-0.1, -0.05) is 36.8 Å². The van der Waals surface area contributed by atoms with Gasteiger partial charge in [-0.15, -0.1) is 0 Å². The van der Waals surface area contributed by atoms with E-state index in [1.165, 1.54) is 0 Å². The first-order valence-corrected chi connectivity index (χ1v) is 8.53. The summed E-state index contributed by atoms with van der Waals surface area (Å²) in [6.45, 7) is 6.53. The topological polar surface area (TPSA) is 77.2 Å². The van der Waals surface area contributed by atoms with Crippen LogP contribution in [0.4, 0.5) is 5.82 Å². The van der Waals surface area contributed by atoms with Crippen molar-refractivity contribution in [3.63, 3.8) is 0 Å². The van der Waals surface area contributed by atoms with Crippen molar-refractivity contribution >= 4 is 11.7 Å². The Morgan fingerprint density at radius 1 is 1.15 bits per heavy atom. The molecule has 134 valence electrons. The fourth-order valence-electron chi connectivity index (χ4n) is 2.61. The van der Waals surface area contributed by atoms with Crippen molar-refractivity contribution in [3.05, 3.63) is 59.2 Å². The van der Waals surface area contributed by atoms with Gasteiger partial charge in [-0.05, 0) is 54.3 Å². The van der Waals surface area contributed by atoms with Crippen LogP contribution in [0, 0.1) is 13.8 Å². The number of aryl methyl sites for hydroxylation is 2. The number of amides is 1. The molecular weight excluding hydrogens is 330 g/mol. The Labute approximate surface area is 152 Å². The van der Waals surface area contributed by atoms with E-state index in [0.717, 1.165) is 23.1 Å². The molecule has 0 bridgehead atoms. The van der Waals surface area contributed by atoms with Crippen molar-refractivity contribution < 1.29 is 14.2 Å². The van der Waals surface area contributed by atoms with Crippen LogP contribution in [-0.2, 0) is 0 Å². The van der Waals surface area contributed by atoms with Crippen LogP contribution in [0.5, 0.6) is 5.75 Å². The SMILES string of the molecule is CCCOc1ccccc1C(=O)Nc1nonc1-c1cc(C)ccc1C. The fourth-order valence-corrected chi connectivity index (χ4v) is 2.61. The number of anilines is 1. The molecular formula is C20H21N3O3. The number of carbonyl (C=O) groups is 1. The second-order valence-electron chi connectivity index (χ2n) is 6.08. The van der Waals surface area contributed by atoms with Gasteiger partial charge in [0.1, 0.15) is 5.75 Å². The van der Waals surface area contributed by atoms with Crippen LogP contribution in [0.25, 0.3) is 11.3 Å². The Morgan fingerprint density at radius 3 is 2.77 bits per heavy atom. The Bertz CT molecular complexity index is 918. The summed E-state index contributed by atoms with van der Waals surface area (Å²) < 4.78 is 10.5. The predicted octanol–water partition coefficient (Wildman–Crippen LogP) is 4.39. The van der Waals surface area contributed by atoms with E-state index in [1.54, 1.807) is 18.2 Å². The van der Waals surface area contributed by atoms with Crippen LogP contribution < -0.4 is 10.1 Å². The standard InChI is InChI=1S/C20H21N3O3/c1-4-11-25-17-8-6-5-7-15(17)20(24)21-19-18(22-26-23-19)16-12-13(2)9-10-14(16)3/h5-10,12H,4,11H2,1-3H3,(H,21,23,24). The predicted molar refractivity (Wildman–Crippen MR) is 99.4 cm³/mol. The van der Waals surface area contributed by atoms with Gasteiger partial charge in [0, 0.05) is 5.56 Å². The lowest BCUT2D eigenvalue weighted by atomic mass is 10.0. The van der Waals surface area contributed by atoms with Crippen LogP contribution in [0.3, 0.4) is 0 Å². The van der Waals surface area contributed by atoms with Gasteiger partial charge in [0.15, 0.2) is 5.69 Å². The molecule has 0 aliphatic heterocycles. The van der Waals surface area contributed by atoms with Crippen LogP contribution in [0.2, 0.25) is 0 Å². The quantitative estimate of drug-likeness (QED) is 0.712. The summed E-state index contributed by atoms with van der Waals surface area (Å²) in [5.74, 6) is 0.504. The number of hydrogen-bond donors (Lipinski definition) is 1. The van der Waals surface area contributed by atoms with Gasteiger partial charge >= 0.3 is 0 Å². The number of nitrogens with one attached hydrogen (secondary N) is 1. The van der Waals surface area contributed by atoms with Crippen LogP contribution in [0.15, 0.2) is 47.1 Å². The fraction of sp³-hybridized carbons (Fsp3) is 0.250. The molecule has 26 heavy (non-hydrogen) atoms. The van der Waals surface area contributed by atoms with Crippen LogP contribution in [-0.4, -0.2) is 22.8 Å². The highest BCUT2D eigenvalue weighted by Crippen LogP contribution is 2.29. The summed E-state index contributed by atoms with van der Waals surface area (Å²) in [6, 6.07) is 13.1. The highest BCUT2D eigenvalue weighted by molar-refractivity contribution is 6.07. The summed E-state index contributed by atoms with van der Waals surface area (Å²) in [6.07, 6.45) is 0.861. The van der Waals surface area contributed by atoms with Crippen LogP contribution in [0.1, 0.15) is 34.8 Å². The Hall–Kier alpha value is -3.15. The Morgan fingerprint density at radius 2 is 1.96 bits per heavy atom. The summed E-state index contributed by atoms with van der Waals surface area (Å²) >= 11 is 0. The van der Waals surface area contributed by atoms with Crippen molar-refractivity contribution in [2.24, 2.45) is 0 Å². The van der Waals surface area contributed by atoms with Gasteiger partial charge in [0.25, 0.3) is 5.91 Å². The molecule has 6 heteroatoms. The lowest BCUT2D eigenvalue weighted by Gasteiger charge is -2.10. The first-order chi connectivity index (χ1) is 12.6. The average Bonchev–Trinajstić information content (AvgIpc) is 3.10. The smallest absolute Gasteiger partial charge is 0.260 e. The third-order valence-electron chi connectivity index (χ3n) is 3.96. The van der Waals surface area contributed by atoms with E-state index in [9.17, 15) is 4.79 Å². The molecule has 2 aromatic carbocycles. The first-order valence-electron chi connectivity index (χ1n) is 8.53. The molecule has 0 atom stereocenters. The molecule has 0 unspecified atom stereocenters. The second kappa shape index (κ2) is 7.82. The minimum absolute atomic E-state index is 0.286. The molecule has 0 radical (unpaired) electrons. The molecule has 0 aliphatic rings. The van der Waals surface area contributed by atoms with Gasteiger partial charge in [-0.25, -0.2) is 4.63 Å². The molecule has 3 rings (SSSR count). The maximum absolute atomic E-state index is 12.7. The Balaban J connectivity index is 1.88. The number of hydrogen-bond acceptors (Lipinski definition) is 5. The molecule has 0 spiro atoms. The lowest BCUT2D eigenvalue weighted by molar-refractivity contribution is 0.102. The number of nitrogens with zero attached hydrogens (tertiary/aromatic N) is 2. The zero-order chi connectivity index (χ0) is 18.5. The number of carbonyl (C=O) groups excluding carboxylic acids is 1. The molecule has 0 aliphatic carbocycles. The van der Waals surface area contributed by atoms with E-state index in [2.05, 4.69) is 15.6 Å². The minimum atomic E-state index is -0.320. The van der Waals surface area contributed by atoms with E-state index < -0.39 is 0 Å². The second-order valence-corrected chi connectivity index (χ2v) is 6.08. The van der Waals surface area contributed by atoms with Crippen molar-refractivity contribution in [1.82, 2.24) is 10.3 Å². The van der Waals surface area contributed by atoms with Crippen molar-refractivity contribution in [2.45, 2.75) is 27.2 Å². The van der Waals surface area contributed by atoms with Gasteiger partial charge in [0.2, 0.25) is 5.82 Å². The molecule has 1 N–H and O–H groups in total. The average molecular weight is 351 g/mol. The zero-order valence-electron chi connectivity index (χ0n) is 15.1. The normalized spacial score (nSPS) is 10.6. The van der Waals surface area contributed by atoms with Crippen molar-refractivity contribution in [1.29, 1.82) is 0 Å². The molecule has 0 fully saturated rings. The number of rotatable bonds is 6. The molecule has 6 nitrogen and oxygen atoms in total. The summed E-state index contributed by atoms with van der Waals surface area (Å²) in [5.41, 5.74) is 3.93. The number of ether oxygens (including phenoxy) is 1. The van der Waals surface area contributed by atoms with Crippen molar-refractivity contribution in [3.8, 4) is 17.0 Å².